The number of aromatic nitrogens is 1. The van der Waals surface area contributed by atoms with Crippen LogP contribution in [0.25, 0.3) is 0 Å². The fourth-order valence-electron chi connectivity index (χ4n) is 2.43. The first-order valence-corrected chi connectivity index (χ1v) is 8.45. The van der Waals surface area contributed by atoms with Crippen molar-refractivity contribution in [1.82, 2.24) is 10.3 Å². The quantitative estimate of drug-likeness (QED) is 0.658. The number of pyridine rings is 1. The van der Waals surface area contributed by atoms with Crippen LogP contribution in [0.1, 0.15) is 18.4 Å². The predicted octanol–water partition coefficient (Wildman–Crippen LogP) is 3.45. The van der Waals surface area contributed by atoms with E-state index in [1.54, 1.807) is 37.7 Å². The summed E-state index contributed by atoms with van der Waals surface area (Å²) < 4.78 is 11.2. The summed E-state index contributed by atoms with van der Waals surface area (Å²) in [7, 11) is 1.59. The molecule has 0 atom stereocenters. The van der Waals surface area contributed by atoms with E-state index in [0.717, 1.165) is 18.0 Å². The molecule has 1 fully saturated rings. The summed E-state index contributed by atoms with van der Waals surface area (Å²) in [6.07, 6.45) is 6.01. The van der Waals surface area contributed by atoms with Crippen LogP contribution in [0.5, 0.6) is 11.5 Å². The first-order chi connectivity index (χ1) is 12.2. The molecule has 1 amide bonds. The Balaban J connectivity index is 0.00000182. The zero-order chi connectivity index (χ0) is 17.5. The Kier molecular flexibility index (Phi) is 9.93. The van der Waals surface area contributed by atoms with Crippen molar-refractivity contribution >= 4 is 36.4 Å². The van der Waals surface area contributed by atoms with Gasteiger partial charge in [-0.15, -0.1) is 24.8 Å². The van der Waals surface area contributed by atoms with E-state index in [-0.39, 0.29) is 30.7 Å². The standard InChI is InChI=1S/C19H23N3O3.2ClH/c1-24-17-7-6-16(22-19(23)12-21-10-14-4-5-14)9-18(17)25-13-15-3-2-8-20-11-15;;/h2-3,6-9,11,14,21H,4-5,10,12-13H2,1H3,(H,22,23);2*1H. The molecule has 27 heavy (non-hydrogen) atoms. The highest BCUT2D eigenvalue weighted by Crippen LogP contribution is 2.31. The number of nitrogens with zero attached hydrogens (tertiary/aromatic N) is 1. The molecule has 0 bridgehead atoms. The minimum atomic E-state index is -0.0657. The van der Waals surface area contributed by atoms with Crippen molar-refractivity contribution in [3.63, 3.8) is 0 Å². The topological polar surface area (TPSA) is 72.5 Å². The van der Waals surface area contributed by atoms with E-state index in [9.17, 15) is 4.79 Å². The lowest BCUT2D eigenvalue weighted by Crippen LogP contribution is -2.29. The van der Waals surface area contributed by atoms with Gasteiger partial charge in [-0.05, 0) is 43.5 Å². The average molecular weight is 414 g/mol. The molecule has 0 unspecified atom stereocenters. The van der Waals surface area contributed by atoms with Crippen molar-refractivity contribution in [2.75, 3.05) is 25.5 Å². The zero-order valence-corrected chi connectivity index (χ0v) is 16.8. The first-order valence-electron chi connectivity index (χ1n) is 8.45. The maximum Gasteiger partial charge on any atom is 0.238 e. The number of halogens is 2. The number of ether oxygens (including phenoxy) is 2. The lowest BCUT2D eigenvalue weighted by Gasteiger charge is -2.13. The molecule has 1 aromatic carbocycles. The van der Waals surface area contributed by atoms with Crippen LogP contribution in [0, 0.1) is 5.92 Å². The van der Waals surface area contributed by atoms with Crippen molar-refractivity contribution in [1.29, 1.82) is 0 Å². The van der Waals surface area contributed by atoms with E-state index in [4.69, 9.17) is 9.47 Å². The summed E-state index contributed by atoms with van der Waals surface area (Å²) >= 11 is 0. The molecule has 1 saturated carbocycles. The maximum absolute atomic E-state index is 12.0. The van der Waals surface area contributed by atoms with Gasteiger partial charge in [0.05, 0.1) is 13.7 Å². The Labute approximate surface area is 171 Å². The maximum atomic E-state index is 12.0. The fourth-order valence-corrected chi connectivity index (χ4v) is 2.43. The number of methoxy groups -OCH3 is 1. The molecule has 0 radical (unpaired) electrons. The number of hydrogen-bond donors (Lipinski definition) is 2. The van der Waals surface area contributed by atoms with Gasteiger partial charge in [0.2, 0.25) is 5.91 Å². The van der Waals surface area contributed by atoms with Crippen LogP contribution >= 0.6 is 24.8 Å². The monoisotopic (exact) mass is 413 g/mol. The minimum absolute atomic E-state index is 0. The second kappa shape index (κ2) is 11.6. The van der Waals surface area contributed by atoms with Crippen molar-refractivity contribution in [2.24, 2.45) is 5.92 Å². The van der Waals surface area contributed by atoms with Gasteiger partial charge in [-0.25, -0.2) is 0 Å². The number of hydrogen-bond acceptors (Lipinski definition) is 5. The van der Waals surface area contributed by atoms with Crippen molar-refractivity contribution in [3.05, 3.63) is 48.3 Å². The number of benzene rings is 1. The molecule has 0 aliphatic heterocycles. The fraction of sp³-hybridized carbons (Fsp3) is 0.368. The summed E-state index contributed by atoms with van der Waals surface area (Å²) in [5, 5.41) is 6.05. The van der Waals surface area contributed by atoms with Gasteiger partial charge in [-0.3, -0.25) is 9.78 Å². The molecule has 1 heterocycles. The predicted molar refractivity (Wildman–Crippen MR) is 110 cm³/mol. The molecule has 0 spiro atoms. The Morgan fingerprint density at radius 3 is 2.70 bits per heavy atom. The molecule has 1 aliphatic carbocycles. The van der Waals surface area contributed by atoms with Gasteiger partial charge >= 0.3 is 0 Å². The summed E-state index contributed by atoms with van der Waals surface area (Å²) in [6.45, 7) is 1.61. The largest absolute Gasteiger partial charge is 0.493 e. The third-order valence-electron chi connectivity index (χ3n) is 3.98. The number of carbonyl (C=O) groups is 1. The highest BCUT2D eigenvalue weighted by atomic mass is 35.5. The third-order valence-corrected chi connectivity index (χ3v) is 3.98. The smallest absolute Gasteiger partial charge is 0.238 e. The molecule has 1 aliphatic rings. The van der Waals surface area contributed by atoms with E-state index in [0.29, 0.717) is 30.3 Å². The molecular formula is C19H25Cl2N3O3. The van der Waals surface area contributed by atoms with Crippen LogP contribution in [0.3, 0.4) is 0 Å². The molecule has 2 aromatic rings. The number of nitrogens with one attached hydrogen (secondary N) is 2. The first kappa shape index (κ1) is 23.0. The highest BCUT2D eigenvalue weighted by Gasteiger charge is 2.20. The molecule has 8 heteroatoms. The molecule has 3 rings (SSSR count). The van der Waals surface area contributed by atoms with Gasteiger partial charge < -0.3 is 20.1 Å². The minimum Gasteiger partial charge on any atom is -0.493 e. The van der Waals surface area contributed by atoms with Crippen LogP contribution in [0.15, 0.2) is 42.7 Å². The second-order valence-electron chi connectivity index (χ2n) is 6.14. The van der Waals surface area contributed by atoms with Crippen molar-refractivity contribution in [3.8, 4) is 11.5 Å². The van der Waals surface area contributed by atoms with Crippen LogP contribution < -0.4 is 20.1 Å². The molecule has 2 N–H and O–H groups in total. The Morgan fingerprint density at radius 2 is 2.04 bits per heavy atom. The van der Waals surface area contributed by atoms with Crippen molar-refractivity contribution < 1.29 is 14.3 Å². The normalized spacial score (nSPS) is 12.3. The van der Waals surface area contributed by atoms with Gasteiger partial charge in [-0.1, -0.05) is 6.07 Å². The number of anilines is 1. The Bertz CT molecular complexity index is 713. The molecular weight excluding hydrogens is 389 g/mol. The zero-order valence-electron chi connectivity index (χ0n) is 15.1. The van der Waals surface area contributed by atoms with Gasteiger partial charge in [0, 0.05) is 29.7 Å². The highest BCUT2D eigenvalue weighted by molar-refractivity contribution is 5.92. The van der Waals surface area contributed by atoms with E-state index in [2.05, 4.69) is 15.6 Å². The lowest BCUT2D eigenvalue weighted by atomic mass is 10.2. The van der Waals surface area contributed by atoms with Crippen molar-refractivity contribution in [2.45, 2.75) is 19.4 Å². The Hall–Kier alpha value is -2.02. The molecule has 6 nitrogen and oxygen atoms in total. The summed E-state index contributed by atoms with van der Waals surface area (Å²) in [6, 6.07) is 9.16. The third kappa shape index (κ3) is 7.62. The summed E-state index contributed by atoms with van der Waals surface area (Å²) in [4.78, 5) is 16.1. The SMILES string of the molecule is COc1ccc(NC(=O)CNCC2CC2)cc1OCc1cccnc1.Cl.Cl. The van der Waals surface area contributed by atoms with Crippen LogP contribution in [-0.2, 0) is 11.4 Å². The van der Waals surface area contributed by atoms with Gasteiger partial charge in [-0.2, -0.15) is 0 Å². The summed E-state index contributed by atoms with van der Waals surface area (Å²) in [5.41, 5.74) is 1.64. The Morgan fingerprint density at radius 1 is 1.22 bits per heavy atom. The van der Waals surface area contributed by atoms with Crippen LogP contribution in [0.2, 0.25) is 0 Å². The molecule has 148 valence electrons. The number of rotatable bonds is 9. The molecule has 0 saturated heterocycles. The van der Waals surface area contributed by atoms with E-state index in [1.807, 2.05) is 12.1 Å². The van der Waals surface area contributed by atoms with Crippen LogP contribution in [0.4, 0.5) is 5.69 Å². The van der Waals surface area contributed by atoms with Gasteiger partial charge in [0.25, 0.3) is 0 Å². The van der Waals surface area contributed by atoms with Crippen LogP contribution in [-0.4, -0.2) is 31.1 Å². The van der Waals surface area contributed by atoms with E-state index in [1.165, 1.54) is 12.8 Å². The average Bonchev–Trinajstić information content (AvgIpc) is 3.45. The number of carbonyl (C=O) groups excluding carboxylic acids is 1. The lowest BCUT2D eigenvalue weighted by molar-refractivity contribution is -0.115. The van der Waals surface area contributed by atoms with E-state index >= 15 is 0 Å². The molecule has 1 aromatic heterocycles. The number of amides is 1. The second-order valence-corrected chi connectivity index (χ2v) is 6.14. The van der Waals surface area contributed by atoms with E-state index < -0.39 is 0 Å². The van der Waals surface area contributed by atoms with Gasteiger partial charge in [0.1, 0.15) is 6.61 Å². The summed E-state index contributed by atoms with van der Waals surface area (Å²) in [5.74, 6) is 1.88. The van der Waals surface area contributed by atoms with Gasteiger partial charge in [0.15, 0.2) is 11.5 Å².